The van der Waals surface area contributed by atoms with E-state index in [0.29, 0.717) is 0 Å². The summed E-state index contributed by atoms with van der Waals surface area (Å²) in [6.07, 6.45) is -5.72. The van der Waals surface area contributed by atoms with Crippen LogP contribution in [0, 0.1) is 17.1 Å². The van der Waals surface area contributed by atoms with Crippen LogP contribution < -0.4 is 0 Å². The predicted molar refractivity (Wildman–Crippen MR) is 51.8 cm³/mol. The lowest BCUT2D eigenvalue weighted by Gasteiger charge is -2.19. The van der Waals surface area contributed by atoms with Gasteiger partial charge in [-0.3, -0.25) is 0 Å². The largest absolute Gasteiger partial charge is 0.455 e. The molecule has 19 heavy (non-hydrogen) atoms. The second-order valence-corrected chi connectivity index (χ2v) is 3.61. The first-order valence-corrected chi connectivity index (χ1v) is 4.88. The summed E-state index contributed by atoms with van der Waals surface area (Å²) in [4.78, 5) is 0. The van der Waals surface area contributed by atoms with Crippen LogP contribution in [0.2, 0.25) is 0 Å². The summed E-state index contributed by atoms with van der Waals surface area (Å²) >= 11 is 0. The third kappa shape index (κ3) is 3.86. The summed E-state index contributed by atoms with van der Waals surface area (Å²) in [6.45, 7) is -2.61. The summed E-state index contributed by atoms with van der Waals surface area (Å²) in [6, 6.07) is 4.53. The van der Waals surface area contributed by atoms with Gasteiger partial charge in [-0.25, -0.2) is 4.39 Å². The molecule has 0 unspecified atom stereocenters. The maximum Gasteiger partial charge on any atom is 0.455 e. The lowest BCUT2D eigenvalue weighted by molar-refractivity contribution is -0.297. The Bertz CT molecular complexity index is 491. The van der Waals surface area contributed by atoms with Crippen LogP contribution in [0.4, 0.5) is 26.3 Å². The van der Waals surface area contributed by atoms with Gasteiger partial charge in [-0.2, -0.15) is 27.2 Å². The molecule has 1 rings (SSSR count). The molecule has 0 fully saturated rings. The summed E-state index contributed by atoms with van der Waals surface area (Å²) in [7, 11) is 0. The Labute approximate surface area is 104 Å². The lowest BCUT2D eigenvalue weighted by atomic mass is 10.1. The summed E-state index contributed by atoms with van der Waals surface area (Å²) in [5.74, 6) is -5.74. The highest BCUT2D eigenvalue weighted by Gasteiger charge is 2.57. The van der Waals surface area contributed by atoms with Gasteiger partial charge in [0.25, 0.3) is 0 Å². The highest BCUT2D eigenvalue weighted by atomic mass is 19.4. The van der Waals surface area contributed by atoms with Crippen molar-refractivity contribution in [1.82, 2.24) is 0 Å². The molecule has 0 spiro atoms. The predicted octanol–water partition coefficient (Wildman–Crippen LogP) is 3.41. The van der Waals surface area contributed by atoms with Gasteiger partial charge in [0.05, 0.1) is 18.2 Å². The molecule has 1 aromatic rings. The van der Waals surface area contributed by atoms with Gasteiger partial charge in [0.1, 0.15) is 12.4 Å². The van der Waals surface area contributed by atoms with E-state index < -0.39 is 31.1 Å². The number of rotatable bonds is 4. The SMILES string of the molecule is N#Cc1ccc(F)cc1COCC(F)(F)C(F)(F)F. The van der Waals surface area contributed by atoms with Crippen LogP contribution in [0.25, 0.3) is 0 Å². The van der Waals surface area contributed by atoms with Crippen LogP contribution >= 0.6 is 0 Å². The quantitative estimate of drug-likeness (QED) is 0.793. The molecule has 0 amide bonds. The van der Waals surface area contributed by atoms with E-state index in [4.69, 9.17) is 5.26 Å². The Balaban J connectivity index is 2.69. The second kappa shape index (κ2) is 5.48. The van der Waals surface area contributed by atoms with Gasteiger partial charge in [0.2, 0.25) is 0 Å². The molecule has 0 bridgehead atoms. The summed E-state index contributed by atoms with van der Waals surface area (Å²) < 4.78 is 77.6. The fraction of sp³-hybridized carbons (Fsp3) is 0.364. The van der Waals surface area contributed by atoms with E-state index in [9.17, 15) is 26.3 Å². The molecular formula is C11H7F6NO. The van der Waals surface area contributed by atoms with Crippen LogP contribution in [-0.2, 0) is 11.3 Å². The third-order valence-electron chi connectivity index (χ3n) is 2.14. The van der Waals surface area contributed by atoms with Crippen molar-refractivity contribution in [3.05, 3.63) is 35.1 Å². The second-order valence-electron chi connectivity index (χ2n) is 3.61. The molecule has 0 radical (unpaired) electrons. The highest BCUT2D eigenvalue weighted by molar-refractivity contribution is 5.37. The zero-order chi connectivity index (χ0) is 14.7. The van der Waals surface area contributed by atoms with E-state index in [-0.39, 0.29) is 11.1 Å². The Morgan fingerprint density at radius 1 is 1.16 bits per heavy atom. The van der Waals surface area contributed by atoms with Crippen molar-refractivity contribution in [3.8, 4) is 6.07 Å². The monoisotopic (exact) mass is 283 g/mol. The Kier molecular flexibility index (Phi) is 4.42. The van der Waals surface area contributed by atoms with E-state index in [1.165, 1.54) is 0 Å². The molecule has 0 aliphatic rings. The van der Waals surface area contributed by atoms with Crippen molar-refractivity contribution in [2.24, 2.45) is 0 Å². The van der Waals surface area contributed by atoms with Crippen molar-refractivity contribution in [1.29, 1.82) is 5.26 Å². The number of ether oxygens (including phenoxy) is 1. The number of hydrogen-bond donors (Lipinski definition) is 0. The van der Waals surface area contributed by atoms with E-state index in [2.05, 4.69) is 4.74 Å². The molecule has 0 aliphatic carbocycles. The Hall–Kier alpha value is -1.75. The molecule has 8 heteroatoms. The van der Waals surface area contributed by atoms with Crippen LogP contribution in [0.5, 0.6) is 0 Å². The molecule has 0 saturated carbocycles. The maximum absolute atomic E-state index is 12.8. The first kappa shape index (κ1) is 15.3. The zero-order valence-corrected chi connectivity index (χ0v) is 9.27. The minimum Gasteiger partial charge on any atom is -0.370 e. The van der Waals surface area contributed by atoms with E-state index in [1.54, 1.807) is 6.07 Å². The molecule has 0 heterocycles. The Morgan fingerprint density at radius 3 is 2.32 bits per heavy atom. The van der Waals surface area contributed by atoms with E-state index in [1.807, 2.05) is 0 Å². The number of alkyl halides is 5. The van der Waals surface area contributed by atoms with Crippen LogP contribution in [0.3, 0.4) is 0 Å². The summed E-state index contributed by atoms with van der Waals surface area (Å²) in [5.41, 5.74) is -0.155. The van der Waals surface area contributed by atoms with Crippen LogP contribution in [0.1, 0.15) is 11.1 Å². The van der Waals surface area contributed by atoms with Crippen molar-refractivity contribution < 1.29 is 31.1 Å². The fourth-order valence-corrected chi connectivity index (χ4v) is 1.16. The normalized spacial score (nSPS) is 12.3. The lowest BCUT2D eigenvalue weighted by Crippen LogP contribution is -2.40. The minimum atomic E-state index is -5.72. The Morgan fingerprint density at radius 2 is 1.79 bits per heavy atom. The average Bonchev–Trinajstić information content (AvgIpc) is 2.27. The van der Waals surface area contributed by atoms with Gasteiger partial charge in [0, 0.05) is 0 Å². The molecule has 2 nitrogen and oxygen atoms in total. The molecular weight excluding hydrogens is 276 g/mol. The number of nitrogens with zero attached hydrogens (tertiary/aromatic N) is 1. The topological polar surface area (TPSA) is 33.0 Å². The molecule has 0 aliphatic heterocycles. The van der Waals surface area contributed by atoms with Crippen molar-refractivity contribution in [3.63, 3.8) is 0 Å². The van der Waals surface area contributed by atoms with Gasteiger partial charge in [0.15, 0.2) is 0 Å². The van der Waals surface area contributed by atoms with Gasteiger partial charge in [-0.1, -0.05) is 0 Å². The average molecular weight is 283 g/mol. The highest BCUT2D eigenvalue weighted by Crippen LogP contribution is 2.35. The summed E-state index contributed by atoms with van der Waals surface area (Å²) in [5, 5.41) is 8.64. The van der Waals surface area contributed by atoms with Crippen molar-refractivity contribution in [2.75, 3.05) is 6.61 Å². The van der Waals surface area contributed by atoms with Crippen molar-refractivity contribution >= 4 is 0 Å². The van der Waals surface area contributed by atoms with Gasteiger partial charge >= 0.3 is 12.1 Å². The maximum atomic E-state index is 12.8. The number of halogens is 6. The van der Waals surface area contributed by atoms with Crippen LogP contribution in [0.15, 0.2) is 18.2 Å². The smallest absolute Gasteiger partial charge is 0.370 e. The van der Waals surface area contributed by atoms with Gasteiger partial charge in [-0.15, -0.1) is 0 Å². The zero-order valence-electron chi connectivity index (χ0n) is 9.27. The van der Waals surface area contributed by atoms with E-state index in [0.717, 1.165) is 18.2 Å². The van der Waals surface area contributed by atoms with Gasteiger partial charge in [-0.05, 0) is 23.8 Å². The standard InChI is InChI=1S/C11H7F6NO/c12-9-2-1-7(4-18)8(3-9)5-19-6-10(13,14)11(15,16)17/h1-3H,5-6H2. The van der Waals surface area contributed by atoms with Crippen molar-refractivity contribution in [2.45, 2.75) is 18.7 Å². The number of nitriles is 1. The molecule has 0 aromatic heterocycles. The molecule has 1 aromatic carbocycles. The first-order chi connectivity index (χ1) is 8.67. The molecule has 104 valence electrons. The van der Waals surface area contributed by atoms with Crippen LogP contribution in [-0.4, -0.2) is 18.7 Å². The number of benzene rings is 1. The molecule has 0 atom stereocenters. The van der Waals surface area contributed by atoms with Gasteiger partial charge < -0.3 is 4.74 Å². The fourth-order valence-electron chi connectivity index (χ4n) is 1.16. The number of hydrogen-bond acceptors (Lipinski definition) is 2. The molecule has 0 saturated heterocycles. The third-order valence-corrected chi connectivity index (χ3v) is 2.14. The minimum absolute atomic E-state index is 0.0586. The molecule has 0 N–H and O–H groups in total. The first-order valence-electron chi connectivity index (χ1n) is 4.88. The van der Waals surface area contributed by atoms with E-state index >= 15 is 0 Å².